The highest BCUT2D eigenvalue weighted by Crippen LogP contribution is 2.07. The fraction of sp³-hybridized carbons (Fsp3) is 0.231. The van der Waals surface area contributed by atoms with Crippen molar-refractivity contribution in [2.75, 3.05) is 13.1 Å². The maximum atomic E-state index is 12.0. The second-order valence-electron chi connectivity index (χ2n) is 3.74. The normalized spacial score (nSPS) is 9.71. The van der Waals surface area contributed by atoms with E-state index in [1.807, 2.05) is 13.0 Å². The van der Waals surface area contributed by atoms with Gasteiger partial charge in [0, 0.05) is 12.1 Å². The zero-order valence-electron chi connectivity index (χ0n) is 9.72. The molecule has 90 valence electrons. The SMILES string of the molecule is C=CCN(CC(=O)O)C(=O)c1cccc(C)c1. The minimum atomic E-state index is -1.03. The average molecular weight is 233 g/mol. The molecule has 1 N–H and O–H groups in total. The first-order chi connectivity index (χ1) is 8.04. The molecule has 0 unspecified atom stereocenters. The number of rotatable bonds is 5. The summed E-state index contributed by atoms with van der Waals surface area (Å²) in [4.78, 5) is 23.9. The van der Waals surface area contributed by atoms with Gasteiger partial charge in [0.1, 0.15) is 6.54 Å². The molecule has 4 heteroatoms. The summed E-state index contributed by atoms with van der Waals surface area (Å²) in [5.74, 6) is -1.33. The molecule has 0 fully saturated rings. The number of hydrogen-bond acceptors (Lipinski definition) is 2. The number of carbonyl (C=O) groups excluding carboxylic acids is 1. The fourth-order valence-electron chi connectivity index (χ4n) is 1.50. The molecule has 0 saturated heterocycles. The number of carboxylic acid groups (broad SMARTS) is 1. The Morgan fingerprint density at radius 2 is 2.18 bits per heavy atom. The van der Waals surface area contributed by atoms with Gasteiger partial charge in [-0.15, -0.1) is 6.58 Å². The van der Waals surface area contributed by atoms with E-state index in [1.165, 1.54) is 11.0 Å². The molecule has 1 aromatic carbocycles. The molecule has 1 rings (SSSR count). The third-order valence-electron chi connectivity index (χ3n) is 2.23. The van der Waals surface area contributed by atoms with Gasteiger partial charge in [-0.3, -0.25) is 9.59 Å². The van der Waals surface area contributed by atoms with Gasteiger partial charge in [-0.1, -0.05) is 23.8 Å². The summed E-state index contributed by atoms with van der Waals surface area (Å²) in [6.07, 6.45) is 1.51. The van der Waals surface area contributed by atoms with E-state index in [0.29, 0.717) is 5.56 Å². The van der Waals surface area contributed by atoms with Crippen molar-refractivity contribution in [1.29, 1.82) is 0 Å². The van der Waals surface area contributed by atoms with Crippen molar-refractivity contribution >= 4 is 11.9 Å². The predicted octanol–water partition coefficient (Wildman–Crippen LogP) is 1.71. The summed E-state index contributed by atoms with van der Waals surface area (Å²) < 4.78 is 0. The Kier molecular flexibility index (Phi) is 4.46. The van der Waals surface area contributed by atoms with Crippen molar-refractivity contribution in [1.82, 2.24) is 4.90 Å². The molecule has 0 saturated carbocycles. The minimum absolute atomic E-state index is 0.221. The maximum Gasteiger partial charge on any atom is 0.323 e. The first-order valence-corrected chi connectivity index (χ1v) is 5.23. The number of aliphatic carboxylic acids is 1. The molecule has 0 aromatic heterocycles. The lowest BCUT2D eigenvalue weighted by Crippen LogP contribution is -2.35. The third kappa shape index (κ3) is 3.75. The Hall–Kier alpha value is -2.10. The first kappa shape index (κ1) is 13.0. The molecule has 4 nitrogen and oxygen atoms in total. The van der Waals surface area contributed by atoms with E-state index in [9.17, 15) is 9.59 Å². The summed E-state index contributed by atoms with van der Waals surface area (Å²) in [6, 6.07) is 7.06. The predicted molar refractivity (Wildman–Crippen MR) is 64.9 cm³/mol. The zero-order chi connectivity index (χ0) is 12.8. The van der Waals surface area contributed by atoms with Crippen molar-refractivity contribution in [3.63, 3.8) is 0 Å². The van der Waals surface area contributed by atoms with Crippen LogP contribution in [0.4, 0.5) is 0 Å². The highest BCUT2D eigenvalue weighted by atomic mass is 16.4. The molecule has 0 spiro atoms. The standard InChI is InChI=1S/C13H15NO3/c1-3-7-14(9-12(15)16)13(17)11-6-4-5-10(2)8-11/h3-6,8H,1,7,9H2,2H3,(H,15,16). The number of amides is 1. The molecule has 1 amide bonds. The lowest BCUT2D eigenvalue weighted by molar-refractivity contribution is -0.137. The van der Waals surface area contributed by atoms with Crippen LogP contribution < -0.4 is 0 Å². The monoisotopic (exact) mass is 233 g/mol. The summed E-state index contributed by atoms with van der Waals surface area (Å²) in [5.41, 5.74) is 1.46. The van der Waals surface area contributed by atoms with E-state index in [-0.39, 0.29) is 19.0 Å². The van der Waals surface area contributed by atoms with Gasteiger partial charge in [-0.2, -0.15) is 0 Å². The molecular formula is C13H15NO3. The highest BCUT2D eigenvalue weighted by molar-refractivity contribution is 5.96. The molecule has 0 bridgehead atoms. The number of nitrogens with zero attached hydrogens (tertiary/aromatic N) is 1. The molecular weight excluding hydrogens is 218 g/mol. The van der Waals surface area contributed by atoms with Crippen LogP contribution >= 0.6 is 0 Å². The van der Waals surface area contributed by atoms with Gasteiger partial charge in [0.05, 0.1) is 0 Å². The van der Waals surface area contributed by atoms with Crippen LogP contribution in [0.1, 0.15) is 15.9 Å². The highest BCUT2D eigenvalue weighted by Gasteiger charge is 2.17. The smallest absolute Gasteiger partial charge is 0.323 e. The van der Waals surface area contributed by atoms with Crippen LogP contribution in [-0.2, 0) is 4.79 Å². The molecule has 0 heterocycles. The van der Waals surface area contributed by atoms with Crippen LogP contribution in [0.2, 0.25) is 0 Å². The number of carboxylic acids is 1. The van der Waals surface area contributed by atoms with Crippen LogP contribution in [0, 0.1) is 6.92 Å². The van der Waals surface area contributed by atoms with Gasteiger partial charge in [-0.05, 0) is 19.1 Å². The second-order valence-corrected chi connectivity index (χ2v) is 3.74. The van der Waals surface area contributed by atoms with Gasteiger partial charge in [-0.25, -0.2) is 0 Å². The van der Waals surface area contributed by atoms with Crippen LogP contribution in [-0.4, -0.2) is 35.0 Å². The number of benzene rings is 1. The summed E-state index contributed by atoms with van der Waals surface area (Å²) >= 11 is 0. The van der Waals surface area contributed by atoms with E-state index >= 15 is 0 Å². The van der Waals surface area contributed by atoms with E-state index in [4.69, 9.17) is 5.11 Å². The fourth-order valence-corrected chi connectivity index (χ4v) is 1.50. The van der Waals surface area contributed by atoms with E-state index in [1.54, 1.807) is 18.2 Å². The number of carbonyl (C=O) groups is 2. The van der Waals surface area contributed by atoms with Gasteiger partial charge in [0.2, 0.25) is 0 Å². The molecule has 0 radical (unpaired) electrons. The molecule has 17 heavy (non-hydrogen) atoms. The van der Waals surface area contributed by atoms with E-state index in [0.717, 1.165) is 5.56 Å². The van der Waals surface area contributed by atoms with Gasteiger partial charge in [0.25, 0.3) is 5.91 Å². The molecule has 0 aliphatic rings. The largest absolute Gasteiger partial charge is 0.480 e. The lowest BCUT2D eigenvalue weighted by atomic mass is 10.1. The van der Waals surface area contributed by atoms with Gasteiger partial charge >= 0.3 is 5.97 Å². The van der Waals surface area contributed by atoms with Crippen molar-refractivity contribution in [3.05, 3.63) is 48.0 Å². The third-order valence-corrected chi connectivity index (χ3v) is 2.23. The van der Waals surface area contributed by atoms with Crippen LogP contribution in [0.25, 0.3) is 0 Å². The summed E-state index contributed by atoms with van der Waals surface area (Å²) in [7, 11) is 0. The Bertz CT molecular complexity index is 440. The zero-order valence-corrected chi connectivity index (χ0v) is 9.72. The first-order valence-electron chi connectivity index (χ1n) is 5.23. The van der Waals surface area contributed by atoms with Gasteiger partial charge in [0.15, 0.2) is 0 Å². The van der Waals surface area contributed by atoms with E-state index in [2.05, 4.69) is 6.58 Å². The maximum absolute atomic E-state index is 12.0. The van der Waals surface area contributed by atoms with Crippen molar-refractivity contribution in [2.45, 2.75) is 6.92 Å². The number of hydrogen-bond donors (Lipinski definition) is 1. The molecule has 1 aromatic rings. The Labute approximate surface area is 100 Å². The van der Waals surface area contributed by atoms with Crippen molar-refractivity contribution in [3.8, 4) is 0 Å². The topological polar surface area (TPSA) is 57.6 Å². The molecule has 0 aliphatic heterocycles. The summed E-state index contributed by atoms with van der Waals surface area (Å²) in [6.45, 7) is 5.30. The van der Waals surface area contributed by atoms with Crippen LogP contribution in [0.3, 0.4) is 0 Å². The van der Waals surface area contributed by atoms with Crippen molar-refractivity contribution in [2.24, 2.45) is 0 Å². The quantitative estimate of drug-likeness (QED) is 0.787. The van der Waals surface area contributed by atoms with Crippen LogP contribution in [0.5, 0.6) is 0 Å². The lowest BCUT2D eigenvalue weighted by Gasteiger charge is -2.18. The Balaban J connectivity index is 2.90. The molecule has 0 aliphatic carbocycles. The molecule has 0 atom stereocenters. The Morgan fingerprint density at radius 1 is 1.47 bits per heavy atom. The Morgan fingerprint density at radius 3 is 2.71 bits per heavy atom. The minimum Gasteiger partial charge on any atom is -0.480 e. The second kappa shape index (κ2) is 5.84. The van der Waals surface area contributed by atoms with E-state index < -0.39 is 5.97 Å². The van der Waals surface area contributed by atoms with Crippen molar-refractivity contribution < 1.29 is 14.7 Å². The van der Waals surface area contributed by atoms with Gasteiger partial charge < -0.3 is 10.0 Å². The summed E-state index contributed by atoms with van der Waals surface area (Å²) in [5, 5.41) is 8.73. The average Bonchev–Trinajstić information content (AvgIpc) is 2.27. The van der Waals surface area contributed by atoms with Crippen LogP contribution in [0.15, 0.2) is 36.9 Å². The number of aryl methyl sites for hydroxylation is 1.